The fourth-order valence-electron chi connectivity index (χ4n) is 1.85. The first-order chi connectivity index (χ1) is 6.47. The average molecular weight is 234 g/mol. The van der Waals surface area contributed by atoms with Crippen molar-refractivity contribution in [3.05, 3.63) is 12.2 Å². The van der Waals surface area contributed by atoms with Crippen molar-refractivity contribution < 1.29 is 18.6 Å². The van der Waals surface area contributed by atoms with Crippen LogP contribution in [0.3, 0.4) is 0 Å². The number of hydrogen-bond acceptors (Lipinski definition) is 4. The van der Waals surface area contributed by atoms with E-state index in [9.17, 15) is 18.6 Å². The van der Waals surface area contributed by atoms with E-state index in [1.165, 1.54) is 39.8 Å². The molecule has 0 amide bonds. The van der Waals surface area contributed by atoms with Gasteiger partial charge in [0.15, 0.2) is 9.84 Å². The fraction of sp³-hybridized carbons (Fsp3) is 0.800. The summed E-state index contributed by atoms with van der Waals surface area (Å²) in [5, 5.41) is 17.6. The highest BCUT2D eigenvalue weighted by Gasteiger charge is 2.49. The summed E-state index contributed by atoms with van der Waals surface area (Å²) in [6.45, 7) is 5.80. The van der Waals surface area contributed by atoms with Crippen molar-refractivity contribution in [3.8, 4) is 0 Å². The number of aliphatic hydroxyl groups is 2. The van der Waals surface area contributed by atoms with Crippen molar-refractivity contribution >= 4 is 9.84 Å². The highest BCUT2D eigenvalue weighted by Crippen LogP contribution is 2.33. The maximum absolute atomic E-state index is 12.0. The topological polar surface area (TPSA) is 74.6 Å². The maximum Gasteiger partial charge on any atom is 0.168 e. The summed E-state index contributed by atoms with van der Waals surface area (Å²) >= 11 is 0. The van der Waals surface area contributed by atoms with Crippen molar-refractivity contribution in [1.29, 1.82) is 0 Å². The minimum Gasteiger partial charge on any atom is -0.389 e. The SMILES string of the molecule is CC(C)(O)[C@@H]1C=C[C@@H](C(C)(C)O)S1(=O)=O. The van der Waals surface area contributed by atoms with Gasteiger partial charge < -0.3 is 10.2 Å². The van der Waals surface area contributed by atoms with E-state index < -0.39 is 31.5 Å². The summed E-state index contributed by atoms with van der Waals surface area (Å²) in [4.78, 5) is 0. The Labute approximate surface area is 90.5 Å². The van der Waals surface area contributed by atoms with Gasteiger partial charge in [-0.25, -0.2) is 8.42 Å². The third kappa shape index (κ3) is 2.24. The lowest BCUT2D eigenvalue weighted by Crippen LogP contribution is -2.47. The zero-order valence-corrected chi connectivity index (χ0v) is 10.2. The summed E-state index contributed by atoms with van der Waals surface area (Å²) in [6.07, 6.45) is 2.91. The monoisotopic (exact) mass is 234 g/mol. The highest BCUT2D eigenvalue weighted by molar-refractivity contribution is 7.93. The van der Waals surface area contributed by atoms with E-state index >= 15 is 0 Å². The van der Waals surface area contributed by atoms with Crippen molar-refractivity contribution in [2.75, 3.05) is 0 Å². The van der Waals surface area contributed by atoms with Crippen LogP contribution in [-0.4, -0.2) is 40.3 Å². The Morgan fingerprint density at radius 3 is 1.33 bits per heavy atom. The van der Waals surface area contributed by atoms with Crippen LogP contribution in [0.2, 0.25) is 0 Å². The molecule has 1 aliphatic rings. The minimum atomic E-state index is -3.55. The Morgan fingerprint density at radius 2 is 1.20 bits per heavy atom. The predicted octanol–water partition coefficient (Wildman–Crippen LogP) is 0.250. The maximum atomic E-state index is 12.0. The van der Waals surface area contributed by atoms with Gasteiger partial charge >= 0.3 is 0 Å². The molecule has 0 radical (unpaired) electrons. The molecular formula is C10H18O4S. The molecular weight excluding hydrogens is 216 g/mol. The molecule has 0 unspecified atom stereocenters. The van der Waals surface area contributed by atoms with E-state index in [1.54, 1.807) is 0 Å². The van der Waals surface area contributed by atoms with Gasteiger partial charge in [0.2, 0.25) is 0 Å². The van der Waals surface area contributed by atoms with Crippen LogP contribution in [0, 0.1) is 0 Å². The van der Waals surface area contributed by atoms with E-state index in [2.05, 4.69) is 0 Å². The molecule has 1 rings (SSSR count). The first kappa shape index (κ1) is 12.7. The second kappa shape index (κ2) is 3.30. The first-order valence-corrected chi connectivity index (χ1v) is 6.44. The standard InChI is InChI=1S/C10H18O4S/c1-9(2,11)7-5-6-8(10(3,4)12)15(7,13)14/h5-8,11-12H,1-4H3/t7-,8-/m0/s1. The molecule has 2 N–H and O–H groups in total. The fourth-order valence-corrected chi connectivity index (χ4v) is 4.40. The van der Waals surface area contributed by atoms with Gasteiger partial charge in [0, 0.05) is 0 Å². The lowest BCUT2D eigenvalue weighted by Gasteiger charge is -2.29. The largest absolute Gasteiger partial charge is 0.389 e. The molecule has 0 fully saturated rings. The van der Waals surface area contributed by atoms with Gasteiger partial charge in [0.25, 0.3) is 0 Å². The predicted molar refractivity (Wildman–Crippen MR) is 58.2 cm³/mol. The number of sulfone groups is 1. The lowest BCUT2D eigenvalue weighted by atomic mass is 10.0. The molecule has 88 valence electrons. The van der Waals surface area contributed by atoms with Crippen LogP contribution in [0.1, 0.15) is 27.7 Å². The van der Waals surface area contributed by atoms with Crippen LogP contribution in [0.25, 0.3) is 0 Å². The quantitative estimate of drug-likeness (QED) is 0.672. The van der Waals surface area contributed by atoms with Gasteiger partial charge in [-0.1, -0.05) is 12.2 Å². The molecule has 0 saturated carbocycles. The van der Waals surface area contributed by atoms with E-state index in [4.69, 9.17) is 0 Å². The number of rotatable bonds is 2. The molecule has 0 bridgehead atoms. The molecule has 0 aromatic heterocycles. The van der Waals surface area contributed by atoms with Crippen molar-refractivity contribution in [2.45, 2.75) is 49.4 Å². The Morgan fingerprint density at radius 1 is 0.933 bits per heavy atom. The van der Waals surface area contributed by atoms with Gasteiger partial charge in [-0.15, -0.1) is 0 Å². The van der Waals surface area contributed by atoms with E-state index in [0.717, 1.165) is 0 Å². The van der Waals surface area contributed by atoms with Gasteiger partial charge in [0.05, 0.1) is 11.2 Å². The van der Waals surface area contributed by atoms with Crippen molar-refractivity contribution in [3.63, 3.8) is 0 Å². The minimum absolute atomic E-state index is 0.943. The molecule has 1 aliphatic heterocycles. The zero-order chi connectivity index (χ0) is 12.1. The first-order valence-electron chi connectivity index (χ1n) is 4.83. The smallest absolute Gasteiger partial charge is 0.168 e. The molecule has 0 spiro atoms. The Hall–Kier alpha value is -0.390. The highest BCUT2D eigenvalue weighted by atomic mass is 32.2. The van der Waals surface area contributed by atoms with Crippen molar-refractivity contribution in [1.82, 2.24) is 0 Å². The second-order valence-corrected chi connectivity index (χ2v) is 7.32. The normalized spacial score (nSPS) is 30.8. The van der Waals surface area contributed by atoms with Crippen LogP contribution < -0.4 is 0 Å². The van der Waals surface area contributed by atoms with Gasteiger partial charge in [-0.2, -0.15) is 0 Å². The van der Waals surface area contributed by atoms with Crippen LogP contribution in [0.15, 0.2) is 12.2 Å². The summed E-state index contributed by atoms with van der Waals surface area (Å²) in [5.74, 6) is 0. The van der Waals surface area contributed by atoms with Crippen LogP contribution >= 0.6 is 0 Å². The van der Waals surface area contributed by atoms with E-state index in [-0.39, 0.29) is 0 Å². The zero-order valence-electron chi connectivity index (χ0n) is 9.43. The van der Waals surface area contributed by atoms with Crippen LogP contribution in [0.4, 0.5) is 0 Å². The molecule has 5 heteroatoms. The number of hydrogen-bond donors (Lipinski definition) is 2. The molecule has 2 atom stereocenters. The lowest BCUT2D eigenvalue weighted by molar-refractivity contribution is 0.0814. The average Bonchev–Trinajstić information content (AvgIpc) is 2.21. The summed E-state index contributed by atoms with van der Waals surface area (Å²) in [5.41, 5.74) is -2.65. The molecule has 0 saturated heterocycles. The van der Waals surface area contributed by atoms with Gasteiger partial charge in [0.1, 0.15) is 10.5 Å². The summed E-state index contributed by atoms with van der Waals surface area (Å²) in [7, 11) is -3.55. The molecule has 1 heterocycles. The Balaban J connectivity index is 3.14. The van der Waals surface area contributed by atoms with Gasteiger partial charge in [-0.3, -0.25) is 0 Å². The molecule has 0 aromatic rings. The summed E-state index contributed by atoms with van der Waals surface area (Å²) in [6, 6.07) is 0. The molecule has 15 heavy (non-hydrogen) atoms. The second-order valence-electron chi connectivity index (χ2n) is 5.12. The van der Waals surface area contributed by atoms with Crippen LogP contribution in [0.5, 0.6) is 0 Å². The molecule has 0 aromatic carbocycles. The molecule has 0 aliphatic carbocycles. The van der Waals surface area contributed by atoms with Crippen LogP contribution in [-0.2, 0) is 9.84 Å². The third-order valence-electron chi connectivity index (χ3n) is 2.56. The Kier molecular flexibility index (Phi) is 2.79. The van der Waals surface area contributed by atoms with E-state index in [0.29, 0.717) is 0 Å². The van der Waals surface area contributed by atoms with Crippen molar-refractivity contribution in [2.24, 2.45) is 0 Å². The summed E-state index contributed by atoms with van der Waals surface area (Å²) < 4.78 is 24.0. The Bertz CT molecular complexity index is 337. The van der Waals surface area contributed by atoms with E-state index in [1.807, 2.05) is 0 Å². The molecule has 4 nitrogen and oxygen atoms in total. The van der Waals surface area contributed by atoms with Gasteiger partial charge in [-0.05, 0) is 27.7 Å². The third-order valence-corrected chi connectivity index (χ3v) is 5.44.